The van der Waals surface area contributed by atoms with Crippen LogP contribution in [-0.2, 0) is 7.05 Å². The molecule has 0 radical (unpaired) electrons. The van der Waals surface area contributed by atoms with E-state index in [0.29, 0.717) is 0 Å². The smallest absolute Gasteiger partial charge is 0.205 e. The van der Waals surface area contributed by atoms with Crippen LogP contribution in [0.1, 0.15) is 5.56 Å². The summed E-state index contributed by atoms with van der Waals surface area (Å²) in [5.74, 6) is 0. The van der Waals surface area contributed by atoms with Crippen LogP contribution >= 0.6 is 0 Å². The molecule has 0 atom stereocenters. The van der Waals surface area contributed by atoms with Crippen LogP contribution in [0.4, 0.5) is 0 Å². The predicted molar refractivity (Wildman–Crippen MR) is 40.8 cm³/mol. The van der Waals surface area contributed by atoms with Gasteiger partial charge in [-0.3, -0.25) is 0 Å². The van der Waals surface area contributed by atoms with Gasteiger partial charge >= 0.3 is 0 Å². The fourth-order valence-electron chi connectivity index (χ4n) is 0.791. The Morgan fingerprint density at radius 2 is 2.42 bits per heavy atom. The lowest BCUT2D eigenvalue weighted by Crippen LogP contribution is -3.00. The van der Waals surface area contributed by atoms with Gasteiger partial charge in [0.2, 0.25) is 6.19 Å². The number of nitriles is 1. The summed E-state index contributed by atoms with van der Waals surface area (Å²) >= 11 is 0. The summed E-state index contributed by atoms with van der Waals surface area (Å²) in [5, 5.41) is 8.14. The van der Waals surface area contributed by atoms with Crippen molar-refractivity contribution < 1.29 is 28.5 Å². The van der Waals surface area contributed by atoms with Gasteiger partial charge in [0.1, 0.15) is 7.05 Å². The third-order valence-electron chi connectivity index (χ3n) is 1.23. The van der Waals surface area contributed by atoms with E-state index in [9.17, 15) is 0 Å². The van der Waals surface area contributed by atoms with Gasteiger partial charge < -0.3 is 24.0 Å². The molecule has 0 fully saturated rings. The molecule has 0 saturated heterocycles. The molecule has 0 saturated carbocycles. The Balaban J connectivity index is 0.00000121. The zero-order chi connectivity index (χ0) is 8.10. The minimum atomic E-state index is 0. The van der Waals surface area contributed by atoms with Crippen molar-refractivity contribution >= 4 is 6.21 Å². The minimum Gasteiger partial charge on any atom is -1.00 e. The van der Waals surface area contributed by atoms with Gasteiger partial charge in [-0.1, -0.05) is 0 Å². The molecule has 1 heterocycles. The molecule has 0 aliphatic rings. The van der Waals surface area contributed by atoms with E-state index in [2.05, 4.69) is 4.99 Å². The van der Waals surface area contributed by atoms with Gasteiger partial charge in [0.25, 0.3) is 0 Å². The lowest BCUT2D eigenvalue weighted by Gasteiger charge is -1.86. The number of pyridine rings is 1. The first-order valence-corrected chi connectivity index (χ1v) is 3.20. The van der Waals surface area contributed by atoms with E-state index >= 15 is 0 Å². The van der Waals surface area contributed by atoms with Crippen molar-refractivity contribution in [1.29, 1.82) is 5.26 Å². The molecular formula is C8H8IN3. The highest BCUT2D eigenvalue weighted by molar-refractivity contribution is 5.79. The zero-order valence-corrected chi connectivity index (χ0v) is 8.76. The van der Waals surface area contributed by atoms with Gasteiger partial charge in [-0.25, -0.2) is 4.57 Å². The fraction of sp³-hybridized carbons (Fsp3) is 0.125. The van der Waals surface area contributed by atoms with E-state index in [4.69, 9.17) is 5.26 Å². The van der Waals surface area contributed by atoms with Crippen LogP contribution in [0.5, 0.6) is 0 Å². The van der Waals surface area contributed by atoms with Crippen molar-refractivity contribution in [3.63, 3.8) is 0 Å². The molecule has 0 N–H and O–H groups in total. The third-order valence-corrected chi connectivity index (χ3v) is 1.23. The number of halogens is 1. The van der Waals surface area contributed by atoms with Crippen molar-refractivity contribution in [2.75, 3.05) is 0 Å². The molecular weight excluding hydrogens is 265 g/mol. The molecule has 0 amide bonds. The maximum absolute atomic E-state index is 8.14. The summed E-state index contributed by atoms with van der Waals surface area (Å²) < 4.78 is 1.90. The first kappa shape index (κ1) is 11.0. The molecule has 62 valence electrons. The highest BCUT2D eigenvalue weighted by atomic mass is 127. The topological polar surface area (TPSA) is 40.0 Å². The van der Waals surface area contributed by atoms with Crippen LogP contribution in [0.25, 0.3) is 0 Å². The van der Waals surface area contributed by atoms with Crippen LogP contribution in [0, 0.1) is 11.5 Å². The molecule has 4 heteroatoms. The Morgan fingerprint density at radius 3 is 3.00 bits per heavy atom. The van der Waals surface area contributed by atoms with Crippen LogP contribution in [0.15, 0.2) is 29.5 Å². The van der Waals surface area contributed by atoms with E-state index in [1.165, 1.54) is 6.21 Å². The second-order valence-corrected chi connectivity index (χ2v) is 2.16. The van der Waals surface area contributed by atoms with Crippen LogP contribution in [-0.4, -0.2) is 6.21 Å². The number of hydrogen-bond donors (Lipinski definition) is 0. The molecule has 0 aromatic carbocycles. The number of hydrogen-bond acceptors (Lipinski definition) is 2. The largest absolute Gasteiger partial charge is 1.00 e. The van der Waals surface area contributed by atoms with Gasteiger partial charge in [-0.15, -0.1) is 0 Å². The molecule has 1 aromatic rings. The Kier molecular flexibility index (Phi) is 5.21. The molecule has 0 bridgehead atoms. The summed E-state index contributed by atoms with van der Waals surface area (Å²) in [6.45, 7) is 0. The molecule has 0 spiro atoms. The molecule has 0 unspecified atom stereocenters. The van der Waals surface area contributed by atoms with Crippen molar-refractivity contribution in [3.05, 3.63) is 30.1 Å². The number of aryl methyl sites for hydroxylation is 1. The van der Waals surface area contributed by atoms with Gasteiger partial charge in [0, 0.05) is 6.07 Å². The summed E-state index contributed by atoms with van der Waals surface area (Å²) in [6, 6.07) is 3.79. The van der Waals surface area contributed by atoms with Crippen LogP contribution in [0.2, 0.25) is 0 Å². The molecule has 0 aliphatic carbocycles. The van der Waals surface area contributed by atoms with Crippen LogP contribution < -0.4 is 28.5 Å². The van der Waals surface area contributed by atoms with E-state index in [-0.39, 0.29) is 24.0 Å². The average molecular weight is 273 g/mol. The van der Waals surface area contributed by atoms with Crippen molar-refractivity contribution in [2.45, 2.75) is 0 Å². The molecule has 1 rings (SSSR count). The van der Waals surface area contributed by atoms with Crippen LogP contribution in [0.3, 0.4) is 0 Å². The Labute approximate surface area is 88.4 Å². The summed E-state index contributed by atoms with van der Waals surface area (Å²) in [6.07, 6.45) is 7.03. The van der Waals surface area contributed by atoms with Gasteiger partial charge in [-0.2, -0.15) is 10.3 Å². The first-order valence-electron chi connectivity index (χ1n) is 3.20. The minimum absolute atomic E-state index is 0. The monoisotopic (exact) mass is 273 g/mol. The normalized spacial score (nSPS) is 9.00. The Bertz CT molecular complexity index is 314. The Morgan fingerprint density at radius 1 is 1.67 bits per heavy atom. The van der Waals surface area contributed by atoms with E-state index in [1.807, 2.05) is 36.1 Å². The fourth-order valence-corrected chi connectivity index (χ4v) is 0.791. The molecule has 1 aromatic heterocycles. The van der Waals surface area contributed by atoms with Crippen molar-refractivity contribution in [3.8, 4) is 6.19 Å². The van der Waals surface area contributed by atoms with E-state index in [1.54, 1.807) is 6.19 Å². The second-order valence-electron chi connectivity index (χ2n) is 2.16. The molecule has 3 nitrogen and oxygen atoms in total. The summed E-state index contributed by atoms with van der Waals surface area (Å²) in [4.78, 5) is 3.45. The van der Waals surface area contributed by atoms with Crippen molar-refractivity contribution in [2.24, 2.45) is 12.0 Å². The van der Waals surface area contributed by atoms with Gasteiger partial charge in [0.15, 0.2) is 12.4 Å². The maximum atomic E-state index is 8.14. The summed E-state index contributed by atoms with van der Waals surface area (Å²) in [7, 11) is 1.92. The quantitative estimate of drug-likeness (QED) is 0.240. The standard InChI is InChI=1S/C8H8N3.HI/c1-11-4-2-3-8(6-11)5-10-7-9;/h2-6H,1H3;1H/q+1;/p-1. The molecule has 0 aliphatic heterocycles. The first-order chi connectivity index (χ1) is 5.33. The van der Waals surface area contributed by atoms with E-state index < -0.39 is 0 Å². The Hall–Kier alpha value is -0.960. The highest BCUT2D eigenvalue weighted by Gasteiger charge is 1.92. The van der Waals surface area contributed by atoms with Gasteiger partial charge in [0.05, 0.1) is 11.8 Å². The zero-order valence-electron chi connectivity index (χ0n) is 6.61. The van der Waals surface area contributed by atoms with E-state index in [0.717, 1.165) is 5.56 Å². The maximum Gasteiger partial charge on any atom is 0.205 e. The predicted octanol–water partition coefficient (Wildman–Crippen LogP) is -2.58. The number of aliphatic imine (C=N–C) groups is 1. The summed E-state index contributed by atoms with van der Waals surface area (Å²) in [5.41, 5.74) is 0.927. The molecule has 12 heavy (non-hydrogen) atoms. The lowest BCUT2D eigenvalue weighted by atomic mass is 10.3. The number of nitrogens with zero attached hydrogens (tertiary/aromatic N) is 3. The average Bonchev–Trinajstić information content (AvgIpc) is 2.01. The SMILES string of the molecule is C[n+]1cccc(C=NC#N)c1.[I-]. The lowest BCUT2D eigenvalue weighted by molar-refractivity contribution is -0.671. The highest BCUT2D eigenvalue weighted by Crippen LogP contribution is 1.87. The van der Waals surface area contributed by atoms with Gasteiger partial charge in [-0.05, 0) is 6.07 Å². The second kappa shape index (κ2) is 5.66. The number of rotatable bonds is 1. The third kappa shape index (κ3) is 3.44. The number of aromatic nitrogens is 1. The van der Waals surface area contributed by atoms with Crippen molar-refractivity contribution in [1.82, 2.24) is 0 Å².